The van der Waals surface area contributed by atoms with E-state index in [-0.39, 0.29) is 87.1 Å². The minimum Gasteiger partial charge on any atom is -0.394 e. The van der Waals surface area contributed by atoms with Crippen molar-refractivity contribution in [2.24, 2.45) is 5.92 Å². The lowest BCUT2D eigenvalue weighted by Gasteiger charge is -2.25. The molecule has 6 amide bonds. The van der Waals surface area contributed by atoms with E-state index < -0.39 is 98.5 Å². The molecule has 0 fully saturated rings. The van der Waals surface area contributed by atoms with Crippen LogP contribution in [0.4, 0.5) is 11.4 Å². The Morgan fingerprint density at radius 1 is 0.507 bits per heavy atom. The average Bonchev–Trinajstić information content (AvgIpc) is 3.29. The number of anilines is 2. The number of aliphatic hydroxyl groups is 10. The Hall–Kier alpha value is -0.760. The highest BCUT2D eigenvalue weighted by Gasteiger charge is 2.34. The van der Waals surface area contributed by atoms with Gasteiger partial charge in [0.05, 0.1) is 86.5 Å². The maximum atomic E-state index is 13.9. The molecule has 2 aromatic rings. The van der Waals surface area contributed by atoms with Gasteiger partial charge in [-0.05, 0) is 154 Å². The lowest BCUT2D eigenvalue weighted by molar-refractivity contribution is -0.131. The van der Waals surface area contributed by atoms with Gasteiger partial charge in [-0.1, -0.05) is 13.3 Å². The summed E-state index contributed by atoms with van der Waals surface area (Å²) in [6, 6.07) is 0. The van der Waals surface area contributed by atoms with Crippen LogP contribution in [0.1, 0.15) is 67.6 Å². The van der Waals surface area contributed by atoms with Gasteiger partial charge in [0.2, 0.25) is 0 Å². The van der Waals surface area contributed by atoms with Crippen LogP contribution < -0.4 is 21.3 Å². The van der Waals surface area contributed by atoms with Crippen LogP contribution in [0, 0.1) is 27.3 Å². The summed E-state index contributed by atoms with van der Waals surface area (Å²) in [5, 5.41) is 108. The number of carbonyl (C=O) groups excluding carboxylic acids is 6. The highest BCUT2D eigenvalue weighted by molar-refractivity contribution is 14.1. The minimum atomic E-state index is -2.07. The molecule has 6 unspecified atom stereocenters. The summed E-state index contributed by atoms with van der Waals surface area (Å²) >= 11 is 10.8. The summed E-state index contributed by atoms with van der Waals surface area (Å²) in [4.78, 5) is 83.5. The fourth-order valence-electron chi connectivity index (χ4n) is 6.07. The molecule has 0 radical (unpaired) electrons. The fourth-order valence-corrected chi connectivity index (χ4v) is 14.8. The van der Waals surface area contributed by atoms with Crippen LogP contribution in [-0.2, 0) is 9.59 Å². The molecule has 2 rings (SSSR count). The van der Waals surface area contributed by atoms with Gasteiger partial charge in [0.15, 0.2) is 12.2 Å². The second-order valence-corrected chi connectivity index (χ2v) is 21.4. The van der Waals surface area contributed by atoms with Crippen molar-refractivity contribution in [2.75, 3.05) is 77.3 Å². The van der Waals surface area contributed by atoms with E-state index in [4.69, 9.17) is 0 Å². The van der Waals surface area contributed by atoms with Crippen molar-refractivity contribution in [2.45, 2.75) is 62.8 Å². The third kappa shape index (κ3) is 16.6. The molecule has 0 spiro atoms. The summed E-state index contributed by atoms with van der Waals surface area (Å²) in [5.41, 5.74) is -0.197. The van der Waals surface area contributed by atoms with E-state index in [1.165, 1.54) is 14.1 Å². The molecular formula is C39H52I6N6O16. The Morgan fingerprint density at radius 3 is 1.10 bits per heavy atom. The molecule has 0 heterocycles. The quantitative estimate of drug-likeness (QED) is 0.0554. The smallest absolute Gasteiger partial charge is 0.256 e. The molecule has 14 N–H and O–H groups in total. The van der Waals surface area contributed by atoms with Gasteiger partial charge in [-0.2, -0.15) is 0 Å². The maximum absolute atomic E-state index is 13.9. The highest BCUT2D eigenvalue weighted by atomic mass is 127. The van der Waals surface area contributed by atoms with Crippen molar-refractivity contribution in [1.29, 1.82) is 0 Å². The van der Waals surface area contributed by atoms with Crippen molar-refractivity contribution in [1.82, 2.24) is 20.4 Å². The Morgan fingerprint density at radius 2 is 0.821 bits per heavy atom. The second-order valence-electron chi connectivity index (χ2n) is 14.9. The van der Waals surface area contributed by atoms with Gasteiger partial charge < -0.3 is 82.1 Å². The molecule has 0 saturated carbocycles. The zero-order valence-corrected chi connectivity index (χ0v) is 48.8. The van der Waals surface area contributed by atoms with Crippen molar-refractivity contribution in [3.8, 4) is 0 Å². The van der Waals surface area contributed by atoms with Crippen LogP contribution in [0.25, 0.3) is 0 Å². The first-order chi connectivity index (χ1) is 31.4. The zero-order valence-electron chi connectivity index (χ0n) is 35.9. The summed E-state index contributed by atoms with van der Waals surface area (Å²) in [6.45, 7) is -1.58. The van der Waals surface area contributed by atoms with E-state index in [1.807, 2.05) is 52.1 Å². The number of nitrogens with one attached hydrogen (secondary N) is 4. The topological polar surface area (TPSA) is 359 Å². The first-order valence-corrected chi connectivity index (χ1v) is 26.5. The van der Waals surface area contributed by atoms with Crippen molar-refractivity contribution in [3.63, 3.8) is 0 Å². The van der Waals surface area contributed by atoms with Crippen LogP contribution in [-0.4, -0.2) is 200 Å². The first kappa shape index (κ1) is 62.4. The zero-order chi connectivity index (χ0) is 51.2. The molecule has 0 aliphatic heterocycles. The number of halogens is 6. The number of rotatable bonds is 25. The van der Waals surface area contributed by atoms with Gasteiger partial charge in [-0.15, -0.1) is 0 Å². The Labute approximate surface area is 467 Å². The van der Waals surface area contributed by atoms with Crippen LogP contribution >= 0.6 is 136 Å². The second kappa shape index (κ2) is 29.7. The summed E-state index contributed by atoms with van der Waals surface area (Å²) < 4.78 is 1.03. The third-order valence-corrected chi connectivity index (χ3v) is 16.5. The number of benzene rings is 2. The summed E-state index contributed by atoms with van der Waals surface area (Å²) in [7, 11) is 2.73. The SMILES string of the molecule is CCC(CCNC(=O)c1c(I)c(NC(=O)C(O)C(O)CO)c(I)c(C(=O)N(C)CC(O)CO)c1I)CCNC(=O)c1c(I)c(NC(=O)C(O)C(O)CO)c(I)c(C(=O)N(C)CC(O)CO)c1I. The molecule has 0 bridgehead atoms. The molecule has 22 nitrogen and oxygen atoms in total. The first-order valence-electron chi connectivity index (χ1n) is 20.0. The molecule has 376 valence electrons. The lowest BCUT2D eigenvalue weighted by Crippen LogP contribution is -2.41. The summed E-state index contributed by atoms with van der Waals surface area (Å²) in [5.74, 6) is -4.97. The standard InChI is InChI=1S/C39H52I6N6O16/c1-4-15(5-7-46-34(62)20-24(40)22(38(66)50(2)9-16(56)11-52)28(44)30(26(20)42)48-36(64)32(60)18(58)13-54)6-8-47-35(63)21-25(41)23(39(67)51(3)10-17(57)12-53)29(45)31(27(21)43)49-37(65)33(61)19(59)14-55/h15-19,32-33,52-61H,4-14H2,1-3H3,(H,46,62)(H,47,63)(H,48,64)(H,49,65). The number of carbonyl (C=O) groups is 6. The molecule has 0 aliphatic carbocycles. The number of nitrogens with zero attached hydrogens (tertiary/aromatic N) is 2. The van der Waals surface area contributed by atoms with Gasteiger partial charge in [0.25, 0.3) is 35.4 Å². The Balaban J connectivity index is 2.42. The van der Waals surface area contributed by atoms with Crippen LogP contribution in [0.3, 0.4) is 0 Å². The molecule has 0 aliphatic rings. The van der Waals surface area contributed by atoms with Gasteiger partial charge in [-0.3, -0.25) is 28.8 Å². The number of hydrogen-bond acceptors (Lipinski definition) is 16. The molecule has 0 aromatic heterocycles. The summed E-state index contributed by atoms with van der Waals surface area (Å²) in [6.07, 6.45) is -8.95. The monoisotopic (exact) mass is 1620 g/mol. The normalized spacial score (nSPS) is 14.5. The number of likely N-dealkylation sites (N-methyl/N-ethyl adjacent to an activating group) is 2. The minimum absolute atomic E-state index is 0.0149. The largest absolute Gasteiger partial charge is 0.394 e. The molecule has 2 aromatic carbocycles. The van der Waals surface area contributed by atoms with Gasteiger partial charge in [0, 0.05) is 47.4 Å². The molecular weight excluding hydrogens is 1570 g/mol. The Kier molecular flexibility index (Phi) is 27.6. The maximum Gasteiger partial charge on any atom is 0.256 e. The van der Waals surface area contributed by atoms with Crippen molar-refractivity contribution >= 4 is 182 Å². The third-order valence-electron chi connectivity index (χ3n) is 9.99. The van der Waals surface area contributed by atoms with E-state index in [0.717, 1.165) is 9.80 Å². The van der Waals surface area contributed by atoms with E-state index in [1.54, 1.807) is 90.4 Å². The van der Waals surface area contributed by atoms with E-state index in [2.05, 4.69) is 21.3 Å². The highest BCUT2D eigenvalue weighted by Crippen LogP contribution is 2.38. The predicted octanol–water partition coefficient (Wildman–Crippen LogP) is -0.564. The van der Waals surface area contributed by atoms with Gasteiger partial charge in [0.1, 0.15) is 12.2 Å². The van der Waals surface area contributed by atoms with Crippen LogP contribution in [0.5, 0.6) is 0 Å². The fraction of sp³-hybridized carbons (Fsp3) is 0.538. The number of amides is 6. The number of hydrogen-bond donors (Lipinski definition) is 14. The van der Waals surface area contributed by atoms with Crippen LogP contribution in [0.2, 0.25) is 0 Å². The molecule has 0 saturated heterocycles. The van der Waals surface area contributed by atoms with Crippen LogP contribution in [0.15, 0.2) is 0 Å². The number of aliphatic hydroxyl groups excluding tert-OH is 10. The van der Waals surface area contributed by atoms with Gasteiger partial charge >= 0.3 is 0 Å². The van der Waals surface area contributed by atoms with Gasteiger partial charge in [-0.25, -0.2) is 0 Å². The molecule has 28 heteroatoms. The van der Waals surface area contributed by atoms with E-state index >= 15 is 0 Å². The van der Waals surface area contributed by atoms with Crippen molar-refractivity contribution < 1.29 is 79.8 Å². The Bertz CT molecular complexity index is 1980. The lowest BCUT2D eigenvalue weighted by atomic mass is 9.98. The van der Waals surface area contributed by atoms with E-state index in [9.17, 15) is 79.8 Å². The molecule has 6 atom stereocenters. The van der Waals surface area contributed by atoms with E-state index in [0.29, 0.717) is 19.3 Å². The predicted molar refractivity (Wildman–Crippen MR) is 292 cm³/mol. The average molecular weight is 1620 g/mol. The molecule has 67 heavy (non-hydrogen) atoms. The van der Waals surface area contributed by atoms with Crippen molar-refractivity contribution in [3.05, 3.63) is 43.7 Å².